The van der Waals surface area contributed by atoms with Gasteiger partial charge in [-0.05, 0) is 12.1 Å². The smallest absolute Gasteiger partial charge is 0.272 e. The van der Waals surface area contributed by atoms with Gasteiger partial charge in [0.05, 0.1) is 36.0 Å². The van der Waals surface area contributed by atoms with Crippen LogP contribution in [-0.2, 0) is 0 Å². The Morgan fingerprint density at radius 2 is 2.15 bits per heavy atom. The summed E-state index contributed by atoms with van der Waals surface area (Å²) in [7, 11) is 0. The molecule has 4 rings (SSSR count). The van der Waals surface area contributed by atoms with E-state index in [1.807, 2.05) is 0 Å². The molecule has 0 aromatic carbocycles. The van der Waals surface area contributed by atoms with Crippen LogP contribution in [0.25, 0.3) is 17.0 Å². The molecule has 1 aliphatic heterocycles. The summed E-state index contributed by atoms with van der Waals surface area (Å²) >= 11 is 0. The number of fused-ring (bicyclic) bond motifs is 1. The zero-order valence-corrected chi connectivity index (χ0v) is 14.1. The van der Waals surface area contributed by atoms with Crippen molar-refractivity contribution >= 4 is 11.5 Å². The van der Waals surface area contributed by atoms with Crippen molar-refractivity contribution in [2.24, 2.45) is 0 Å². The van der Waals surface area contributed by atoms with E-state index in [0.717, 1.165) is 0 Å². The first-order valence-corrected chi connectivity index (χ1v) is 8.43. The number of ether oxygens (including phenoxy) is 1. The minimum Gasteiger partial charge on any atom is -0.471 e. The van der Waals surface area contributed by atoms with Crippen LogP contribution >= 0.6 is 0 Å². The highest BCUT2D eigenvalue weighted by Crippen LogP contribution is 2.22. The third kappa shape index (κ3) is 3.80. The molecule has 2 N–H and O–H groups in total. The molecule has 3 aromatic heterocycles. The van der Waals surface area contributed by atoms with E-state index in [1.54, 1.807) is 28.8 Å². The van der Waals surface area contributed by atoms with Crippen LogP contribution in [0.3, 0.4) is 0 Å². The number of nitrogens with zero attached hydrogens (tertiary/aromatic N) is 4. The van der Waals surface area contributed by atoms with Crippen LogP contribution in [-0.4, -0.2) is 57.7 Å². The normalized spacial score (nSPS) is 19.7. The molecule has 0 radical (unpaired) electrons. The van der Waals surface area contributed by atoms with Crippen LogP contribution < -0.4 is 15.4 Å². The van der Waals surface area contributed by atoms with Gasteiger partial charge < -0.3 is 15.4 Å². The summed E-state index contributed by atoms with van der Waals surface area (Å²) in [6.07, 6.45) is 0.963. The summed E-state index contributed by atoms with van der Waals surface area (Å²) in [4.78, 5) is 12.7. The van der Waals surface area contributed by atoms with Crippen molar-refractivity contribution < 1.29 is 17.9 Å². The largest absolute Gasteiger partial charge is 0.471 e. The molecule has 27 heavy (non-hydrogen) atoms. The Morgan fingerprint density at radius 1 is 1.26 bits per heavy atom. The maximum atomic E-state index is 13.8. The lowest BCUT2D eigenvalue weighted by molar-refractivity contribution is 0.0793. The first kappa shape index (κ1) is 17.5. The number of pyridine rings is 1. The highest BCUT2D eigenvalue weighted by molar-refractivity contribution is 5.61. The molecule has 3 aromatic rings. The van der Waals surface area contributed by atoms with Crippen LogP contribution in [0.15, 0.2) is 36.8 Å². The van der Waals surface area contributed by atoms with Crippen molar-refractivity contribution in [3.8, 4) is 17.3 Å². The van der Waals surface area contributed by atoms with Gasteiger partial charge in [0.2, 0.25) is 5.88 Å². The molecule has 10 heteroatoms. The fraction of sp³-hybridized carbons (Fsp3) is 0.353. The maximum absolute atomic E-state index is 13.8. The van der Waals surface area contributed by atoms with Gasteiger partial charge in [-0.2, -0.15) is 0 Å². The van der Waals surface area contributed by atoms with Crippen molar-refractivity contribution in [3.63, 3.8) is 0 Å². The van der Waals surface area contributed by atoms with E-state index >= 15 is 0 Å². The average molecular weight is 378 g/mol. The van der Waals surface area contributed by atoms with E-state index in [1.165, 1.54) is 12.4 Å². The van der Waals surface area contributed by atoms with E-state index in [0.29, 0.717) is 35.9 Å². The number of rotatable bonds is 6. The van der Waals surface area contributed by atoms with Crippen LogP contribution in [0.5, 0.6) is 5.88 Å². The number of hydrogen-bond donors (Lipinski definition) is 2. The lowest BCUT2D eigenvalue weighted by Crippen LogP contribution is -2.29. The maximum Gasteiger partial charge on any atom is 0.272 e. The van der Waals surface area contributed by atoms with Crippen molar-refractivity contribution in [2.75, 3.05) is 25.0 Å². The van der Waals surface area contributed by atoms with Crippen molar-refractivity contribution in [1.29, 1.82) is 0 Å². The molecule has 0 saturated carbocycles. The summed E-state index contributed by atoms with van der Waals surface area (Å²) in [5, 5.41) is 6.07. The molecule has 4 heterocycles. The Kier molecular flexibility index (Phi) is 4.80. The minimum atomic E-state index is -2.58. The molecule has 1 saturated heterocycles. The molecule has 1 aliphatic rings. The van der Waals surface area contributed by atoms with Gasteiger partial charge in [-0.25, -0.2) is 28.1 Å². The summed E-state index contributed by atoms with van der Waals surface area (Å²) < 4.78 is 45.1. The summed E-state index contributed by atoms with van der Waals surface area (Å²) in [6, 6.07) is 5.01. The molecule has 0 aliphatic carbocycles. The van der Waals surface area contributed by atoms with Gasteiger partial charge in [-0.15, -0.1) is 0 Å². The van der Waals surface area contributed by atoms with Gasteiger partial charge in [0.25, 0.3) is 6.43 Å². The van der Waals surface area contributed by atoms with E-state index in [4.69, 9.17) is 4.74 Å². The average Bonchev–Trinajstić information content (AvgIpc) is 3.26. The third-order valence-corrected chi connectivity index (χ3v) is 4.21. The van der Waals surface area contributed by atoms with Gasteiger partial charge in [0.1, 0.15) is 12.0 Å². The second kappa shape index (κ2) is 7.39. The van der Waals surface area contributed by atoms with Gasteiger partial charge in [0.15, 0.2) is 12.3 Å². The molecular formula is C17H17F3N6O. The molecule has 0 unspecified atom stereocenters. The second-order valence-corrected chi connectivity index (χ2v) is 6.13. The highest BCUT2D eigenvalue weighted by Gasteiger charge is 2.26. The van der Waals surface area contributed by atoms with Gasteiger partial charge in [0, 0.05) is 13.1 Å². The van der Waals surface area contributed by atoms with Crippen LogP contribution in [0.2, 0.25) is 0 Å². The van der Waals surface area contributed by atoms with E-state index in [-0.39, 0.29) is 11.9 Å². The summed E-state index contributed by atoms with van der Waals surface area (Å²) in [6.45, 7) is 0.109. The number of anilines is 1. The number of aromatic nitrogens is 4. The third-order valence-electron chi connectivity index (χ3n) is 4.21. The number of hydrogen-bond acceptors (Lipinski definition) is 6. The van der Waals surface area contributed by atoms with E-state index in [2.05, 4.69) is 25.6 Å². The number of imidazole rings is 1. The van der Waals surface area contributed by atoms with Crippen LogP contribution in [0.1, 0.15) is 0 Å². The monoisotopic (exact) mass is 378 g/mol. The molecule has 7 nitrogen and oxygen atoms in total. The first-order chi connectivity index (χ1) is 13.1. The van der Waals surface area contributed by atoms with Crippen molar-refractivity contribution in [2.45, 2.75) is 18.6 Å². The highest BCUT2D eigenvalue weighted by atomic mass is 19.3. The molecule has 142 valence electrons. The SMILES string of the molecule is FC(F)COc1cn2c(-c3cccc(N[C@H]4CNC[C@@H]4F)n3)cnc2cn1. The zero-order chi connectivity index (χ0) is 18.8. The van der Waals surface area contributed by atoms with Crippen molar-refractivity contribution in [3.05, 3.63) is 36.8 Å². The van der Waals surface area contributed by atoms with E-state index < -0.39 is 19.2 Å². The van der Waals surface area contributed by atoms with Gasteiger partial charge in [-0.3, -0.25) is 4.40 Å². The predicted octanol–water partition coefficient (Wildman–Crippen LogP) is 2.16. The fourth-order valence-corrected chi connectivity index (χ4v) is 2.92. The number of nitrogens with one attached hydrogen (secondary N) is 2. The van der Waals surface area contributed by atoms with Gasteiger partial charge in [-0.1, -0.05) is 6.07 Å². The Hall–Kier alpha value is -2.88. The lowest BCUT2D eigenvalue weighted by Gasteiger charge is -2.15. The Labute approximate surface area is 152 Å². The minimum absolute atomic E-state index is 0.0635. The fourth-order valence-electron chi connectivity index (χ4n) is 2.92. The number of halogens is 3. The number of alkyl halides is 3. The molecule has 0 amide bonds. The molecule has 1 fully saturated rings. The zero-order valence-electron chi connectivity index (χ0n) is 14.1. The van der Waals surface area contributed by atoms with Crippen LogP contribution in [0.4, 0.5) is 19.0 Å². The van der Waals surface area contributed by atoms with Crippen molar-refractivity contribution in [1.82, 2.24) is 24.7 Å². The first-order valence-electron chi connectivity index (χ1n) is 8.43. The Bertz CT molecular complexity index is 934. The van der Waals surface area contributed by atoms with Gasteiger partial charge >= 0.3 is 0 Å². The summed E-state index contributed by atoms with van der Waals surface area (Å²) in [5.74, 6) is 0.607. The van der Waals surface area contributed by atoms with E-state index in [9.17, 15) is 13.2 Å². The standard InChI is InChI=1S/C17H17F3N6O/c18-10-4-21-5-12(10)25-15-3-1-2-11(24-15)13-6-22-16-7-23-17(8-26(13)16)27-9-14(19)20/h1-3,6-8,10,12,14,21H,4-5,9H2,(H,24,25)/t10-,12-/m0/s1. The second-order valence-electron chi connectivity index (χ2n) is 6.13. The van der Waals surface area contributed by atoms with Crippen LogP contribution in [0, 0.1) is 0 Å². The molecule has 0 bridgehead atoms. The molecule has 0 spiro atoms. The lowest BCUT2D eigenvalue weighted by atomic mass is 10.2. The Morgan fingerprint density at radius 3 is 2.93 bits per heavy atom. The molecular weight excluding hydrogens is 361 g/mol. The summed E-state index contributed by atoms with van der Waals surface area (Å²) in [5.41, 5.74) is 1.76. The quantitative estimate of drug-likeness (QED) is 0.685. The predicted molar refractivity (Wildman–Crippen MR) is 92.9 cm³/mol. The molecule has 2 atom stereocenters. The topological polar surface area (TPSA) is 76.4 Å². The Balaban J connectivity index is 1.61.